The van der Waals surface area contributed by atoms with Gasteiger partial charge in [0.05, 0.1) is 6.54 Å². The zero-order chi connectivity index (χ0) is 9.97. The van der Waals surface area contributed by atoms with Crippen molar-refractivity contribution in [1.82, 2.24) is 5.32 Å². The van der Waals surface area contributed by atoms with Crippen molar-refractivity contribution in [2.75, 3.05) is 0 Å². The Labute approximate surface area is 85.7 Å². The minimum atomic E-state index is 0.695. The normalized spacial score (nSPS) is 18.4. The van der Waals surface area contributed by atoms with E-state index in [0.717, 1.165) is 24.0 Å². The van der Waals surface area contributed by atoms with Gasteiger partial charge in [-0.15, -0.1) is 0 Å². The van der Waals surface area contributed by atoms with Crippen molar-refractivity contribution in [3.05, 3.63) is 23.7 Å². The minimum Gasteiger partial charge on any atom is -0.465 e. The Balaban J connectivity index is 1.80. The lowest BCUT2D eigenvalue weighted by atomic mass is 10.1. The summed E-state index contributed by atoms with van der Waals surface area (Å²) in [6.07, 6.45) is 4.04. The fourth-order valence-corrected chi connectivity index (χ4v) is 1.95. The molecule has 1 heterocycles. The second-order valence-corrected chi connectivity index (χ2v) is 4.25. The van der Waals surface area contributed by atoms with E-state index in [1.54, 1.807) is 0 Å². The molecule has 2 nitrogen and oxygen atoms in total. The number of nitrogens with one attached hydrogen (secondary N) is 1. The molecule has 1 saturated carbocycles. The molecule has 1 aromatic rings. The molecule has 2 rings (SSSR count). The highest BCUT2D eigenvalue weighted by Gasteiger charge is 2.29. The Morgan fingerprint density at radius 3 is 2.79 bits per heavy atom. The van der Waals surface area contributed by atoms with Gasteiger partial charge in [-0.1, -0.05) is 6.92 Å². The average Bonchev–Trinajstić information content (AvgIpc) is 2.92. The minimum absolute atomic E-state index is 0.695. The van der Waals surface area contributed by atoms with Crippen LogP contribution >= 0.6 is 0 Å². The van der Waals surface area contributed by atoms with Crippen molar-refractivity contribution < 1.29 is 4.42 Å². The third-order valence-electron chi connectivity index (χ3n) is 2.97. The van der Waals surface area contributed by atoms with Crippen LogP contribution < -0.4 is 5.32 Å². The molecule has 0 aromatic carbocycles. The summed E-state index contributed by atoms with van der Waals surface area (Å²) in [6.45, 7) is 5.12. The van der Waals surface area contributed by atoms with E-state index in [1.807, 2.05) is 13.0 Å². The van der Waals surface area contributed by atoms with Gasteiger partial charge >= 0.3 is 0 Å². The SMILES string of the molecule is CCC(NCc1ccc(C)o1)C1CC1. The van der Waals surface area contributed by atoms with Crippen LogP contribution in [0.1, 0.15) is 37.7 Å². The van der Waals surface area contributed by atoms with E-state index in [0.29, 0.717) is 6.04 Å². The van der Waals surface area contributed by atoms with Crippen molar-refractivity contribution in [1.29, 1.82) is 0 Å². The number of hydrogen-bond donors (Lipinski definition) is 1. The van der Waals surface area contributed by atoms with Gasteiger partial charge in [-0.05, 0) is 44.2 Å². The van der Waals surface area contributed by atoms with E-state index in [-0.39, 0.29) is 0 Å². The van der Waals surface area contributed by atoms with Crippen LogP contribution in [-0.4, -0.2) is 6.04 Å². The zero-order valence-corrected chi connectivity index (χ0v) is 9.05. The molecule has 0 amide bonds. The Morgan fingerprint density at radius 1 is 1.50 bits per heavy atom. The molecule has 2 heteroatoms. The van der Waals surface area contributed by atoms with Gasteiger partial charge in [-0.25, -0.2) is 0 Å². The van der Waals surface area contributed by atoms with Crippen molar-refractivity contribution in [2.24, 2.45) is 5.92 Å². The first-order chi connectivity index (χ1) is 6.79. The zero-order valence-electron chi connectivity index (χ0n) is 9.05. The fourth-order valence-electron chi connectivity index (χ4n) is 1.95. The second kappa shape index (κ2) is 4.18. The summed E-state index contributed by atoms with van der Waals surface area (Å²) < 4.78 is 5.52. The van der Waals surface area contributed by atoms with Crippen molar-refractivity contribution in [3.8, 4) is 0 Å². The number of furan rings is 1. The van der Waals surface area contributed by atoms with Crippen molar-refractivity contribution in [2.45, 2.75) is 45.7 Å². The lowest BCUT2D eigenvalue weighted by Gasteiger charge is -2.14. The predicted octanol–water partition coefficient (Wildman–Crippen LogP) is 2.87. The van der Waals surface area contributed by atoms with E-state index >= 15 is 0 Å². The Morgan fingerprint density at radius 2 is 2.29 bits per heavy atom. The van der Waals surface area contributed by atoms with E-state index in [9.17, 15) is 0 Å². The molecule has 0 aliphatic heterocycles. The van der Waals surface area contributed by atoms with E-state index in [4.69, 9.17) is 4.42 Å². The molecule has 1 aromatic heterocycles. The molecule has 0 spiro atoms. The van der Waals surface area contributed by atoms with Gasteiger partial charge in [0.15, 0.2) is 0 Å². The summed E-state index contributed by atoms with van der Waals surface area (Å²) in [5, 5.41) is 3.57. The molecule has 78 valence electrons. The summed E-state index contributed by atoms with van der Waals surface area (Å²) in [4.78, 5) is 0. The molecule has 14 heavy (non-hydrogen) atoms. The maximum absolute atomic E-state index is 5.52. The standard InChI is InChI=1S/C12H19NO/c1-3-12(10-5-6-10)13-8-11-7-4-9(2)14-11/h4,7,10,12-13H,3,5-6,8H2,1-2H3. The van der Waals surface area contributed by atoms with Crippen LogP contribution in [0.3, 0.4) is 0 Å². The molecule has 0 bridgehead atoms. The van der Waals surface area contributed by atoms with Crippen LogP contribution in [-0.2, 0) is 6.54 Å². The monoisotopic (exact) mass is 193 g/mol. The van der Waals surface area contributed by atoms with Gasteiger partial charge in [0.2, 0.25) is 0 Å². The smallest absolute Gasteiger partial charge is 0.117 e. The first-order valence-corrected chi connectivity index (χ1v) is 5.58. The average molecular weight is 193 g/mol. The van der Waals surface area contributed by atoms with Crippen LogP contribution in [0.2, 0.25) is 0 Å². The molecule has 1 aliphatic carbocycles. The molecular weight excluding hydrogens is 174 g/mol. The molecule has 1 atom stereocenters. The highest BCUT2D eigenvalue weighted by molar-refractivity contribution is 5.05. The van der Waals surface area contributed by atoms with Gasteiger partial charge in [-0.2, -0.15) is 0 Å². The Bertz CT molecular complexity index is 288. The van der Waals surface area contributed by atoms with Gasteiger partial charge in [0.1, 0.15) is 11.5 Å². The summed E-state index contributed by atoms with van der Waals surface area (Å²) in [5.74, 6) is 2.99. The molecular formula is C12H19NO. The summed E-state index contributed by atoms with van der Waals surface area (Å²) in [7, 11) is 0. The summed E-state index contributed by atoms with van der Waals surface area (Å²) >= 11 is 0. The van der Waals surface area contributed by atoms with Crippen LogP contribution in [0.4, 0.5) is 0 Å². The van der Waals surface area contributed by atoms with Crippen LogP contribution in [0.15, 0.2) is 16.5 Å². The topological polar surface area (TPSA) is 25.2 Å². The van der Waals surface area contributed by atoms with Gasteiger partial charge in [-0.3, -0.25) is 0 Å². The van der Waals surface area contributed by atoms with Gasteiger partial charge in [0, 0.05) is 6.04 Å². The molecule has 1 fully saturated rings. The quantitative estimate of drug-likeness (QED) is 0.778. The highest BCUT2D eigenvalue weighted by Crippen LogP contribution is 2.33. The Kier molecular flexibility index (Phi) is 2.92. The highest BCUT2D eigenvalue weighted by atomic mass is 16.3. The molecule has 1 aliphatic rings. The molecule has 0 saturated heterocycles. The van der Waals surface area contributed by atoms with Crippen LogP contribution in [0.25, 0.3) is 0 Å². The second-order valence-electron chi connectivity index (χ2n) is 4.25. The fraction of sp³-hybridized carbons (Fsp3) is 0.667. The van der Waals surface area contributed by atoms with Gasteiger partial charge in [0.25, 0.3) is 0 Å². The van der Waals surface area contributed by atoms with Crippen LogP contribution in [0.5, 0.6) is 0 Å². The largest absolute Gasteiger partial charge is 0.465 e. The molecule has 0 radical (unpaired) electrons. The maximum atomic E-state index is 5.52. The van der Waals surface area contributed by atoms with Crippen LogP contribution in [0, 0.1) is 12.8 Å². The summed E-state index contributed by atoms with van der Waals surface area (Å²) in [6, 6.07) is 4.78. The Hall–Kier alpha value is -0.760. The summed E-state index contributed by atoms with van der Waals surface area (Å²) in [5.41, 5.74) is 0. The first-order valence-electron chi connectivity index (χ1n) is 5.58. The lowest BCUT2D eigenvalue weighted by Crippen LogP contribution is -2.29. The number of rotatable bonds is 5. The van der Waals surface area contributed by atoms with E-state index in [2.05, 4.69) is 18.3 Å². The van der Waals surface area contributed by atoms with Crippen molar-refractivity contribution in [3.63, 3.8) is 0 Å². The first kappa shape index (κ1) is 9.78. The van der Waals surface area contributed by atoms with Gasteiger partial charge < -0.3 is 9.73 Å². The number of hydrogen-bond acceptors (Lipinski definition) is 2. The number of aryl methyl sites for hydroxylation is 1. The van der Waals surface area contributed by atoms with Crippen molar-refractivity contribution >= 4 is 0 Å². The molecule has 1 unspecified atom stereocenters. The third kappa shape index (κ3) is 2.38. The van der Waals surface area contributed by atoms with E-state index in [1.165, 1.54) is 19.3 Å². The predicted molar refractivity (Wildman–Crippen MR) is 57.1 cm³/mol. The van der Waals surface area contributed by atoms with E-state index < -0.39 is 0 Å². The maximum Gasteiger partial charge on any atom is 0.117 e. The third-order valence-corrected chi connectivity index (χ3v) is 2.97. The lowest BCUT2D eigenvalue weighted by molar-refractivity contribution is 0.402. The molecule has 1 N–H and O–H groups in total.